The summed E-state index contributed by atoms with van der Waals surface area (Å²) in [5, 5.41) is 13.7. The molecule has 0 bridgehead atoms. The van der Waals surface area contributed by atoms with Gasteiger partial charge in [0.15, 0.2) is 0 Å². The van der Waals surface area contributed by atoms with E-state index in [-0.39, 0.29) is 5.97 Å². The number of nitrogens with one attached hydrogen (secondary N) is 1. The molecule has 0 spiro atoms. The molecule has 106 valence electrons. The molecular weight excluding hydrogens is 230 g/mol. The summed E-state index contributed by atoms with van der Waals surface area (Å²) >= 11 is 0. The van der Waals surface area contributed by atoms with E-state index >= 15 is 0 Å². The Morgan fingerprint density at radius 3 is 2.56 bits per heavy atom. The SMILES string of the molecule is CCOC(=O)CCCNCC1(O)CCCCCC1. The van der Waals surface area contributed by atoms with E-state index in [2.05, 4.69) is 5.32 Å². The van der Waals surface area contributed by atoms with Crippen LogP contribution in [0.5, 0.6) is 0 Å². The molecule has 0 aromatic heterocycles. The van der Waals surface area contributed by atoms with Crippen molar-refractivity contribution in [3.8, 4) is 0 Å². The molecular formula is C14H27NO3. The normalized spacial score (nSPS) is 19.2. The summed E-state index contributed by atoms with van der Waals surface area (Å²) < 4.78 is 4.86. The summed E-state index contributed by atoms with van der Waals surface area (Å²) in [5.74, 6) is -0.132. The molecule has 0 atom stereocenters. The lowest BCUT2D eigenvalue weighted by molar-refractivity contribution is -0.143. The third kappa shape index (κ3) is 6.36. The van der Waals surface area contributed by atoms with Crippen LogP contribution < -0.4 is 5.32 Å². The van der Waals surface area contributed by atoms with Crippen molar-refractivity contribution in [2.75, 3.05) is 19.7 Å². The molecule has 4 heteroatoms. The third-order valence-electron chi connectivity index (χ3n) is 3.53. The van der Waals surface area contributed by atoms with E-state index in [0.29, 0.717) is 19.6 Å². The fourth-order valence-corrected chi connectivity index (χ4v) is 2.48. The maximum Gasteiger partial charge on any atom is 0.305 e. The van der Waals surface area contributed by atoms with Crippen LogP contribution in [0.4, 0.5) is 0 Å². The Kier molecular flexibility index (Phi) is 7.28. The average molecular weight is 257 g/mol. The molecule has 4 nitrogen and oxygen atoms in total. The first-order valence-electron chi connectivity index (χ1n) is 7.25. The fraction of sp³-hybridized carbons (Fsp3) is 0.929. The van der Waals surface area contributed by atoms with Gasteiger partial charge >= 0.3 is 5.97 Å². The number of carbonyl (C=O) groups is 1. The van der Waals surface area contributed by atoms with Crippen LogP contribution in [-0.4, -0.2) is 36.4 Å². The molecule has 0 saturated heterocycles. The second-order valence-corrected chi connectivity index (χ2v) is 5.22. The summed E-state index contributed by atoms with van der Waals surface area (Å²) in [7, 11) is 0. The highest BCUT2D eigenvalue weighted by Gasteiger charge is 2.27. The monoisotopic (exact) mass is 257 g/mol. The second-order valence-electron chi connectivity index (χ2n) is 5.22. The average Bonchev–Trinajstić information content (AvgIpc) is 2.54. The lowest BCUT2D eigenvalue weighted by atomic mass is 9.94. The van der Waals surface area contributed by atoms with Crippen LogP contribution in [0.1, 0.15) is 58.3 Å². The van der Waals surface area contributed by atoms with Crippen LogP contribution in [-0.2, 0) is 9.53 Å². The number of carbonyl (C=O) groups excluding carboxylic acids is 1. The molecule has 2 N–H and O–H groups in total. The predicted molar refractivity (Wildman–Crippen MR) is 71.4 cm³/mol. The minimum atomic E-state index is -0.527. The number of ether oxygens (including phenoxy) is 1. The van der Waals surface area contributed by atoms with E-state index in [4.69, 9.17) is 4.74 Å². The van der Waals surface area contributed by atoms with Gasteiger partial charge in [-0.2, -0.15) is 0 Å². The van der Waals surface area contributed by atoms with Gasteiger partial charge in [0.1, 0.15) is 0 Å². The molecule has 0 aromatic rings. The van der Waals surface area contributed by atoms with Crippen molar-refractivity contribution in [3.63, 3.8) is 0 Å². The zero-order valence-electron chi connectivity index (χ0n) is 11.5. The molecule has 1 aliphatic rings. The maximum atomic E-state index is 11.1. The first kappa shape index (κ1) is 15.4. The summed E-state index contributed by atoms with van der Waals surface area (Å²) in [6.07, 6.45) is 7.77. The molecule has 1 rings (SSSR count). The zero-order valence-corrected chi connectivity index (χ0v) is 11.5. The molecule has 1 fully saturated rings. The van der Waals surface area contributed by atoms with Gasteiger partial charge in [-0.05, 0) is 32.7 Å². The number of esters is 1. The molecule has 1 aliphatic carbocycles. The van der Waals surface area contributed by atoms with Crippen molar-refractivity contribution in [2.24, 2.45) is 0 Å². The Morgan fingerprint density at radius 1 is 1.28 bits per heavy atom. The van der Waals surface area contributed by atoms with Gasteiger partial charge in [-0.1, -0.05) is 25.7 Å². The number of hydrogen-bond acceptors (Lipinski definition) is 4. The Morgan fingerprint density at radius 2 is 1.94 bits per heavy atom. The minimum Gasteiger partial charge on any atom is -0.466 e. The Hall–Kier alpha value is -0.610. The van der Waals surface area contributed by atoms with E-state index in [1.165, 1.54) is 12.8 Å². The smallest absolute Gasteiger partial charge is 0.305 e. The van der Waals surface area contributed by atoms with Crippen molar-refractivity contribution in [1.82, 2.24) is 5.32 Å². The van der Waals surface area contributed by atoms with Crippen molar-refractivity contribution >= 4 is 5.97 Å². The highest BCUT2D eigenvalue weighted by Crippen LogP contribution is 2.26. The number of rotatable bonds is 7. The predicted octanol–water partition coefficient (Wildman–Crippen LogP) is 2.00. The molecule has 1 saturated carbocycles. The number of aliphatic hydroxyl groups is 1. The Bertz CT molecular complexity index is 235. The molecule has 0 aromatic carbocycles. The Balaban J connectivity index is 2.07. The zero-order chi connectivity index (χ0) is 13.3. The van der Waals surface area contributed by atoms with Crippen LogP contribution in [0.15, 0.2) is 0 Å². The third-order valence-corrected chi connectivity index (χ3v) is 3.53. The topological polar surface area (TPSA) is 58.6 Å². The van der Waals surface area contributed by atoms with Crippen molar-refractivity contribution < 1.29 is 14.6 Å². The van der Waals surface area contributed by atoms with Crippen LogP contribution in [0.3, 0.4) is 0 Å². The van der Waals surface area contributed by atoms with E-state index in [0.717, 1.165) is 38.6 Å². The van der Waals surface area contributed by atoms with Crippen LogP contribution in [0, 0.1) is 0 Å². The quantitative estimate of drug-likeness (QED) is 0.416. The summed E-state index contributed by atoms with van der Waals surface area (Å²) in [6.45, 7) is 3.68. The van der Waals surface area contributed by atoms with Crippen molar-refractivity contribution in [3.05, 3.63) is 0 Å². The summed E-state index contributed by atoms with van der Waals surface area (Å²) in [4.78, 5) is 11.1. The molecule has 0 unspecified atom stereocenters. The van der Waals surface area contributed by atoms with Gasteiger partial charge in [0, 0.05) is 13.0 Å². The van der Waals surface area contributed by atoms with Crippen LogP contribution >= 0.6 is 0 Å². The lowest BCUT2D eigenvalue weighted by Gasteiger charge is -2.26. The largest absolute Gasteiger partial charge is 0.466 e. The first-order valence-corrected chi connectivity index (χ1v) is 7.25. The van der Waals surface area contributed by atoms with Crippen LogP contribution in [0.2, 0.25) is 0 Å². The van der Waals surface area contributed by atoms with Gasteiger partial charge in [-0.3, -0.25) is 4.79 Å². The van der Waals surface area contributed by atoms with Crippen molar-refractivity contribution in [1.29, 1.82) is 0 Å². The fourth-order valence-electron chi connectivity index (χ4n) is 2.48. The standard InChI is InChI=1S/C14H27NO3/c1-2-18-13(16)8-7-11-15-12-14(17)9-5-3-4-6-10-14/h15,17H,2-12H2,1H3. The van der Waals surface area contributed by atoms with E-state index < -0.39 is 5.60 Å². The van der Waals surface area contributed by atoms with Gasteiger partial charge in [0.05, 0.1) is 12.2 Å². The van der Waals surface area contributed by atoms with E-state index in [9.17, 15) is 9.90 Å². The second kappa shape index (κ2) is 8.48. The van der Waals surface area contributed by atoms with Crippen LogP contribution in [0.25, 0.3) is 0 Å². The molecule has 0 amide bonds. The first-order chi connectivity index (χ1) is 8.66. The highest BCUT2D eigenvalue weighted by atomic mass is 16.5. The molecule has 0 radical (unpaired) electrons. The van der Waals surface area contributed by atoms with E-state index in [1.807, 2.05) is 6.92 Å². The Labute approximate surface area is 110 Å². The molecule has 0 aliphatic heterocycles. The summed E-state index contributed by atoms with van der Waals surface area (Å²) in [5.41, 5.74) is -0.527. The lowest BCUT2D eigenvalue weighted by Crippen LogP contribution is -2.40. The highest BCUT2D eigenvalue weighted by molar-refractivity contribution is 5.69. The number of hydrogen-bond donors (Lipinski definition) is 2. The summed E-state index contributed by atoms with van der Waals surface area (Å²) in [6, 6.07) is 0. The van der Waals surface area contributed by atoms with Gasteiger partial charge in [-0.15, -0.1) is 0 Å². The molecule has 18 heavy (non-hydrogen) atoms. The van der Waals surface area contributed by atoms with Crippen molar-refractivity contribution in [2.45, 2.75) is 63.9 Å². The van der Waals surface area contributed by atoms with Gasteiger partial charge in [-0.25, -0.2) is 0 Å². The van der Waals surface area contributed by atoms with Gasteiger partial charge in [0.2, 0.25) is 0 Å². The van der Waals surface area contributed by atoms with E-state index in [1.54, 1.807) is 0 Å². The van der Waals surface area contributed by atoms with Gasteiger partial charge < -0.3 is 15.2 Å². The molecule has 0 heterocycles. The van der Waals surface area contributed by atoms with Gasteiger partial charge in [0.25, 0.3) is 0 Å². The maximum absolute atomic E-state index is 11.1. The minimum absolute atomic E-state index is 0.132.